The summed E-state index contributed by atoms with van der Waals surface area (Å²) in [5.74, 6) is 0.828. The molecule has 0 spiro atoms. The molecule has 6 heteroatoms. The SMILES string of the molecule is CN=C(NCC1CN(C)CCO1)NC(C)(C)C.I. The molecular formula is C12H27IN4O. The van der Waals surface area contributed by atoms with E-state index < -0.39 is 0 Å². The number of guanidine groups is 1. The van der Waals surface area contributed by atoms with E-state index >= 15 is 0 Å². The molecule has 1 heterocycles. The highest BCUT2D eigenvalue weighted by Gasteiger charge is 2.18. The summed E-state index contributed by atoms with van der Waals surface area (Å²) in [6.07, 6.45) is 0.243. The smallest absolute Gasteiger partial charge is 0.191 e. The summed E-state index contributed by atoms with van der Waals surface area (Å²) in [5, 5.41) is 6.63. The number of ether oxygens (including phenoxy) is 1. The molecule has 0 aromatic rings. The molecule has 0 saturated carbocycles. The molecule has 0 aromatic heterocycles. The van der Waals surface area contributed by atoms with Gasteiger partial charge in [0.2, 0.25) is 0 Å². The molecule has 5 nitrogen and oxygen atoms in total. The zero-order valence-corrected chi connectivity index (χ0v) is 14.4. The lowest BCUT2D eigenvalue weighted by Crippen LogP contribution is -2.52. The molecule has 0 radical (unpaired) electrons. The van der Waals surface area contributed by atoms with E-state index in [1.165, 1.54) is 0 Å². The van der Waals surface area contributed by atoms with Crippen LogP contribution in [0, 0.1) is 0 Å². The van der Waals surface area contributed by atoms with Crippen LogP contribution in [0.25, 0.3) is 0 Å². The molecule has 1 aliphatic rings. The fraction of sp³-hybridized carbons (Fsp3) is 0.917. The van der Waals surface area contributed by atoms with E-state index in [2.05, 4.69) is 48.3 Å². The minimum atomic E-state index is 0. The monoisotopic (exact) mass is 370 g/mol. The molecule has 1 unspecified atom stereocenters. The average molecular weight is 370 g/mol. The summed E-state index contributed by atoms with van der Waals surface area (Å²) in [5.41, 5.74) is 0.0199. The van der Waals surface area contributed by atoms with E-state index in [1.54, 1.807) is 7.05 Å². The first kappa shape index (κ1) is 17.9. The second kappa shape index (κ2) is 8.16. The first-order valence-electron chi connectivity index (χ1n) is 6.19. The summed E-state index contributed by atoms with van der Waals surface area (Å²) in [6.45, 7) is 9.94. The van der Waals surface area contributed by atoms with E-state index in [-0.39, 0.29) is 35.6 Å². The van der Waals surface area contributed by atoms with Gasteiger partial charge in [0.25, 0.3) is 0 Å². The second-order valence-corrected chi connectivity index (χ2v) is 5.58. The van der Waals surface area contributed by atoms with Crippen molar-refractivity contribution in [1.82, 2.24) is 15.5 Å². The molecule has 1 aliphatic heterocycles. The van der Waals surface area contributed by atoms with Crippen molar-refractivity contribution in [1.29, 1.82) is 0 Å². The van der Waals surface area contributed by atoms with Gasteiger partial charge in [-0.1, -0.05) is 0 Å². The van der Waals surface area contributed by atoms with E-state index in [0.717, 1.165) is 32.2 Å². The molecule has 0 amide bonds. The van der Waals surface area contributed by atoms with Crippen LogP contribution in [0.2, 0.25) is 0 Å². The molecular weight excluding hydrogens is 343 g/mol. The Morgan fingerprint density at radius 3 is 2.61 bits per heavy atom. The number of halogens is 1. The van der Waals surface area contributed by atoms with Crippen LogP contribution in [0.5, 0.6) is 0 Å². The number of nitrogens with one attached hydrogen (secondary N) is 2. The molecule has 1 rings (SSSR count). The maximum atomic E-state index is 5.69. The van der Waals surface area contributed by atoms with Crippen LogP contribution in [-0.2, 0) is 4.74 Å². The van der Waals surface area contributed by atoms with Gasteiger partial charge in [-0.2, -0.15) is 0 Å². The Balaban J connectivity index is 0.00000289. The Morgan fingerprint density at radius 1 is 1.44 bits per heavy atom. The van der Waals surface area contributed by atoms with Crippen molar-refractivity contribution in [3.05, 3.63) is 0 Å². The van der Waals surface area contributed by atoms with E-state index in [9.17, 15) is 0 Å². The number of aliphatic imine (C=N–C) groups is 1. The Bertz CT molecular complexity index is 265. The molecule has 108 valence electrons. The molecule has 2 N–H and O–H groups in total. The van der Waals surface area contributed by atoms with Gasteiger partial charge >= 0.3 is 0 Å². The third kappa shape index (κ3) is 7.38. The zero-order valence-electron chi connectivity index (χ0n) is 12.1. The Labute approximate surface area is 128 Å². The van der Waals surface area contributed by atoms with Gasteiger partial charge in [-0.15, -0.1) is 24.0 Å². The largest absolute Gasteiger partial charge is 0.374 e. The predicted molar refractivity (Wildman–Crippen MR) is 86.9 cm³/mol. The van der Waals surface area contributed by atoms with Crippen molar-refractivity contribution in [3.63, 3.8) is 0 Å². The summed E-state index contributed by atoms with van der Waals surface area (Å²) in [6, 6.07) is 0. The third-order valence-corrected chi connectivity index (χ3v) is 2.56. The maximum Gasteiger partial charge on any atom is 0.191 e. The van der Waals surface area contributed by atoms with E-state index in [4.69, 9.17) is 4.74 Å². The van der Waals surface area contributed by atoms with Crippen molar-refractivity contribution in [3.8, 4) is 0 Å². The van der Waals surface area contributed by atoms with Crippen molar-refractivity contribution >= 4 is 29.9 Å². The first-order chi connectivity index (χ1) is 7.90. The number of rotatable bonds is 2. The summed E-state index contributed by atoms with van der Waals surface area (Å²) < 4.78 is 5.69. The van der Waals surface area contributed by atoms with Crippen molar-refractivity contribution < 1.29 is 4.74 Å². The molecule has 0 aromatic carbocycles. The highest BCUT2D eigenvalue weighted by atomic mass is 127. The summed E-state index contributed by atoms with van der Waals surface area (Å²) >= 11 is 0. The van der Waals surface area contributed by atoms with Crippen LogP contribution in [0.4, 0.5) is 0 Å². The Morgan fingerprint density at radius 2 is 2.11 bits per heavy atom. The standard InChI is InChI=1S/C12H26N4O.HI/c1-12(2,3)15-11(13-4)14-8-10-9-16(5)6-7-17-10;/h10H,6-9H2,1-5H3,(H2,13,14,15);1H. The lowest BCUT2D eigenvalue weighted by molar-refractivity contribution is -0.0161. The van der Waals surface area contributed by atoms with Gasteiger partial charge in [0.05, 0.1) is 12.7 Å². The number of morpholine rings is 1. The third-order valence-electron chi connectivity index (χ3n) is 2.56. The van der Waals surface area contributed by atoms with Crippen LogP contribution in [-0.4, -0.2) is 62.8 Å². The molecule has 1 atom stereocenters. The summed E-state index contributed by atoms with van der Waals surface area (Å²) in [4.78, 5) is 6.49. The van der Waals surface area contributed by atoms with Crippen LogP contribution in [0.3, 0.4) is 0 Å². The van der Waals surface area contributed by atoms with Gasteiger partial charge < -0.3 is 20.3 Å². The van der Waals surface area contributed by atoms with Crippen LogP contribution in [0.1, 0.15) is 20.8 Å². The van der Waals surface area contributed by atoms with Crippen molar-refractivity contribution in [2.75, 3.05) is 40.3 Å². The minimum Gasteiger partial charge on any atom is -0.374 e. The molecule has 1 saturated heterocycles. The van der Waals surface area contributed by atoms with Crippen LogP contribution >= 0.6 is 24.0 Å². The minimum absolute atomic E-state index is 0. The van der Waals surface area contributed by atoms with E-state index in [1.807, 2.05) is 0 Å². The molecule has 0 bridgehead atoms. The van der Waals surface area contributed by atoms with Crippen molar-refractivity contribution in [2.24, 2.45) is 4.99 Å². The maximum absolute atomic E-state index is 5.69. The second-order valence-electron chi connectivity index (χ2n) is 5.58. The quantitative estimate of drug-likeness (QED) is 0.431. The fourth-order valence-corrected chi connectivity index (χ4v) is 1.74. The molecule has 0 aliphatic carbocycles. The number of nitrogens with zero attached hydrogens (tertiary/aromatic N) is 2. The van der Waals surface area contributed by atoms with Gasteiger partial charge in [-0.25, -0.2) is 0 Å². The van der Waals surface area contributed by atoms with Crippen LogP contribution < -0.4 is 10.6 Å². The number of hydrogen-bond acceptors (Lipinski definition) is 3. The van der Waals surface area contributed by atoms with Gasteiger partial charge in [-0.3, -0.25) is 4.99 Å². The van der Waals surface area contributed by atoms with Crippen molar-refractivity contribution in [2.45, 2.75) is 32.4 Å². The highest BCUT2D eigenvalue weighted by Crippen LogP contribution is 2.02. The van der Waals surface area contributed by atoms with E-state index in [0.29, 0.717) is 0 Å². The lowest BCUT2D eigenvalue weighted by Gasteiger charge is -2.31. The molecule has 18 heavy (non-hydrogen) atoms. The van der Waals surface area contributed by atoms with Gasteiger partial charge in [0.1, 0.15) is 0 Å². The fourth-order valence-electron chi connectivity index (χ4n) is 1.74. The Kier molecular flexibility index (Phi) is 8.13. The number of hydrogen-bond donors (Lipinski definition) is 2. The summed E-state index contributed by atoms with van der Waals surface area (Å²) in [7, 11) is 3.91. The average Bonchev–Trinajstić information content (AvgIpc) is 2.23. The lowest BCUT2D eigenvalue weighted by atomic mass is 10.1. The van der Waals surface area contributed by atoms with Gasteiger partial charge in [0, 0.05) is 32.2 Å². The number of likely N-dealkylation sites (N-methyl/N-ethyl adjacent to an activating group) is 1. The Hall–Kier alpha value is -0.0800. The molecule has 1 fully saturated rings. The zero-order chi connectivity index (χ0) is 12.9. The predicted octanol–water partition coefficient (Wildman–Crippen LogP) is 0.898. The van der Waals surface area contributed by atoms with Crippen LogP contribution in [0.15, 0.2) is 4.99 Å². The van der Waals surface area contributed by atoms with Gasteiger partial charge in [-0.05, 0) is 27.8 Å². The van der Waals surface area contributed by atoms with Gasteiger partial charge in [0.15, 0.2) is 5.96 Å². The first-order valence-corrected chi connectivity index (χ1v) is 6.19. The normalized spacial score (nSPS) is 22.3. The topological polar surface area (TPSA) is 48.9 Å². The highest BCUT2D eigenvalue weighted by molar-refractivity contribution is 14.0.